The summed E-state index contributed by atoms with van der Waals surface area (Å²) in [6.45, 7) is 4.37. The Bertz CT molecular complexity index is 1190. The van der Waals surface area contributed by atoms with Crippen LogP contribution in [0.1, 0.15) is 63.0 Å². The van der Waals surface area contributed by atoms with E-state index in [1.165, 1.54) is 32.2 Å². The zero-order valence-corrected chi connectivity index (χ0v) is 22.2. The Hall–Kier alpha value is -2.33. The number of urea groups is 1. The summed E-state index contributed by atoms with van der Waals surface area (Å²) in [5, 5.41) is 11.2. The van der Waals surface area contributed by atoms with E-state index in [2.05, 4.69) is 20.5 Å². The van der Waals surface area contributed by atoms with Crippen molar-refractivity contribution in [2.24, 2.45) is 0 Å². The highest BCUT2D eigenvalue weighted by Crippen LogP contribution is 2.38. The first-order chi connectivity index (χ1) is 16.7. The van der Waals surface area contributed by atoms with Crippen LogP contribution in [0, 0.1) is 0 Å². The molecule has 0 saturated carbocycles. The summed E-state index contributed by atoms with van der Waals surface area (Å²) in [7, 11) is 0. The Morgan fingerprint density at radius 1 is 1.06 bits per heavy atom. The molecular formula is C25H31ClN4O3S2. The molecule has 0 atom stereocenters. The standard InChI is InChI=1S/C25H30N4O3S2.ClH/c1-2-32-24(30)21-17-8-4-3-5-9-19(17)33-22(21)28-25(31)27-14-18-16-10-11-26-15-20(16)34-23(18)29-12-6-7-13-29;/h6-7,12-13,26H,2-5,8-11,14-15H2,1H3,(H2,27,28,31);1H. The molecule has 0 spiro atoms. The largest absolute Gasteiger partial charge is 0.462 e. The lowest BCUT2D eigenvalue weighted by Gasteiger charge is -2.15. The van der Waals surface area contributed by atoms with Crippen LogP contribution in [-0.4, -0.2) is 29.7 Å². The number of anilines is 1. The van der Waals surface area contributed by atoms with Crippen molar-refractivity contribution in [3.8, 4) is 5.00 Å². The summed E-state index contributed by atoms with van der Waals surface area (Å²) >= 11 is 3.30. The monoisotopic (exact) mass is 534 g/mol. The Balaban J connectivity index is 0.00000289. The molecule has 188 valence electrons. The normalized spacial score (nSPS) is 14.8. The molecule has 0 fully saturated rings. The number of rotatable bonds is 6. The highest BCUT2D eigenvalue weighted by Gasteiger charge is 2.27. The predicted octanol–water partition coefficient (Wildman–Crippen LogP) is 5.44. The van der Waals surface area contributed by atoms with Crippen LogP contribution in [0.4, 0.5) is 9.80 Å². The molecule has 5 rings (SSSR count). The molecule has 35 heavy (non-hydrogen) atoms. The van der Waals surface area contributed by atoms with Gasteiger partial charge in [-0.2, -0.15) is 0 Å². The number of thiophene rings is 2. The number of ether oxygens (including phenoxy) is 1. The number of esters is 1. The fourth-order valence-electron chi connectivity index (χ4n) is 4.81. The Morgan fingerprint density at radius 3 is 2.66 bits per heavy atom. The van der Waals surface area contributed by atoms with E-state index in [4.69, 9.17) is 4.74 Å². The fourth-order valence-corrected chi connectivity index (χ4v) is 7.39. The molecular weight excluding hydrogens is 504 g/mol. The molecule has 1 aliphatic heterocycles. The minimum Gasteiger partial charge on any atom is -0.462 e. The Kier molecular flexibility index (Phi) is 8.54. The van der Waals surface area contributed by atoms with Crippen molar-refractivity contribution in [3.63, 3.8) is 0 Å². The van der Waals surface area contributed by atoms with Crippen LogP contribution >= 0.6 is 35.1 Å². The van der Waals surface area contributed by atoms with Crippen molar-refractivity contribution < 1.29 is 14.3 Å². The van der Waals surface area contributed by atoms with E-state index in [0.29, 0.717) is 23.7 Å². The third-order valence-electron chi connectivity index (χ3n) is 6.41. The summed E-state index contributed by atoms with van der Waals surface area (Å²) in [6, 6.07) is 3.73. The number of nitrogens with one attached hydrogen (secondary N) is 3. The minimum absolute atomic E-state index is 0. The molecule has 10 heteroatoms. The van der Waals surface area contributed by atoms with Gasteiger partial charge in [0.2, 0.25) is 0 Å². The van der Waals surface area contributed by atoms with Crippen LogP contribution in [0.3, 0.4) is 0 Å². The minimum atomic E-state index is -0.341. The molecule has 0 radical (unpaired) electrons. The maximum absolute atomic E-state index is 13.0. The lowest BCUT2D eigenvalue weighted by molar-refractivity contribution is 0.0527. The predicted molar refractivity (Wildman–Crippen MR) is 144 cm³/mol. The van der Waals surface area contributed by atoms with Gasteiger partial charge in [-0.05, 0) is 68.8 Å². The maximum atomic E-state index is 13.0. The van der Waals surface area contributed by atoms with E-state index >= 15 is 0 Å². The summed E-state index contributed by atoms with van der Waals surface area (Å²) < 4.78 is 7.46. The van der Waals surface area contributed by atoms with Gasteiger partial charge in [-0.1, -0.05) is 6.42 Å². The molecule has 1 aliphatic carbocycles. The number of halogens is 1. The summed E-state index contributed by atoms with van der Waals surface area (Å²) in [5.74, 6) is -0.341. The smallest absolute Gasteiger partial charge is 0.341 e. The summed E-state index contributed by atoms with van der Waals surface area (Å²) in [4.78, 5) is 28.3. The highest BCUT2D eigenvalue weighted by atomic mass is 35.5. The SMILES string of the molecule is CCOC(=O)c1c(NC(=O)NCc2c(-n3cccc3)sc3c2CCNC3)sc2c1CCCCC2.Cl. The average molecular weight is 535 g/mol. The second-order valence-electron chi connectivity index (χ2n) is 8.60. The van der Waals surface area contributed by atoms with Crippen LogP contribution in [0.5, 0.6) is 0 Å². The third kappa shape index (κ3) is 5.43. The van der Waals surface area contributed by atoms with E-state index in [-0.39, 0.29) is 24.4 Å². The first kappa shape index (κ1) is 25.8. The number of hydrogen-bond acceptors (Lipinski definition) is 6. The van der Waals surface area contributed by atoms with E-state index in [1.54, 1.807) is 11.3 Å². The van der Waals surface area contributed by atoms with E-state index in [9.17, 15) is 9.59 Å². The molecule has 2 aliphatic rings. The van der Waals surface area contributed by atoms with Gasteiger partial charge in [0.1, 0.15) is 10.0 Å². The van der Waals surface area contributed by atoms with Gasteiger partial charge in [-0.15, -0.1) is 35.1 Å². The van der Waals surface area contributed by atoms with E-state index in [0.717, 1.165) is 62.2 Å². The average Bonchev–Trinajstić information content (AvgIpc) is 3.52. The lowest BCUT2D eigenvalue weighted by Crippen LogP contribution is -2.30. The van der Waals surface area contributed by atoms with Crippen LogP contribution in [-0.2, 0) is 37.1 Å². The first-order valence-electron chi connectivity index (χ1n) is 12.0. The number of amides is 2. The summed E-state index contributed by atoms with van der Waals surface area (Å²) in [6.07, 6.45) is 10.2. The zero-order chi connectivity index (χ0) is 23.5. The molecule has 0 bridgehead atoms. The van der Waals surface area contributed by atoms with Crippen LogP contribution in [0.2, 0.25) is 0 Å². The molecule has 3 aromatic rings. The topological polar surface area (TPSA) is 84.4 Å². The van der Waals surface area contributed by atoms with Gasteiger partial charge < -0.3 is 19.9 Å². The second kappa shape index (κ2) is 11.6. The van der Waals surface area contributed by atoms with Gasteiger partial charge in [0.25, 0.3) is 0 Å². The molecule has 3 N–H and O–H groups in total. The van der Waals surface area contributed by atoms with Crippen LogP contribution in [0.15, 0.2) is 24.5 Å². The number of aromatic nitrogens is 1. The molecule has 3 aromatic heterocycles. The molecule has 2 amide bonds. The summed E-state index contributed by atoms with van der Waals surface area (Å²) in [5.41, 5.74) is 4.11. The van der Waals surface area contributed by atoms with Gasteiger partial charge in [0.05, 0.1) is 12.2 Å². The lowest BCUT2D eigenvalue weighted by atomic mass is 10.0. The Labute approximate surface area is 219 Å². The van der Waals surface area contributed by atoms with Crippen molar-refractivity contribution in [2.45, 2.75) is 58.5 Å². The third-order valence-corrected chi connectivity index (χ3v) is 8.90. The quantitative estimate of drug-likeness (QED) is 0.290. The van der Waals surface area contributed by atoms with Crippen LogP contribution < -0.4 is 16.0 Å². The van der Waals surface area contributed by atoms with Gasteiger partial charge in [-0.3, -0.25) is 5.32 Å². The fraction of sp³-hybridized carbons (Fsp3) is 0.440. The number of nitrogens with zero attached hydrogens (tertiary/aromatic N) is 1. The number of carbonyl (C=O) groups excluding carboxylic acids is 2. The second-order valence-corrected chi connectivity index (χ2v) is 10.8. The van der Waals surface area contributed by atoms with E-state index < -0.39 is 0 Å². The van der Waals surface area contributed by atoms with Crippen molar-refractivity contribution in [1.29, 1.82) is 0 Å². The number of fused-ring (bicyclic) bond motifs is 2. The van der Waals surface area contributed by atoms with Gasteiger partial charge in [0, 0.05) is 40.8 Å². The molecule has 0 saturated heterocycles. The van der Waals surface area contributed by atoms with Crippen molar-refractivity contribution >= 4 is 52.1 Å². The van der Waals surface area contributed by atoms with Gasteiger partial charge in [-0.25, -0.2) is 9.59 Å². The van der Waals surface area contributed by atoms with Crippen LogP contribution in [0.25, 0.3) is 5.00 Å². The molecule has 7 nitrogen and oxygen atoms in total. The number of aryl methyl sites for hydroxylation is 1. The molecule has 0 unspecified atom stereocenters. The van der Waals surface area contributed by atoms with Gasteiger partial charge >= 0.3 is 12.0 Å². The van der Waals surface area contributed by atoms with Crippen molar-refractivity contribution in [1.82, 2.24) is 15.2 Å². The van der Waals surface area contributed by atoms with Gasteiger partial charge in [0.15, 0.2) is 0 Å². The van der Waals surface area contributed by atoms with Crippen molar-refractivity contribution in [3.05, 3.63) is 56.5 Å². The van der Waals surface area contributed by atoms with E-state index in [1.807, 2.05) is 31.5 Å². The molecule has 0 aromatic carbocycles. The highest BCUT2D eigenvalue weighted by molar-refractivity contribution is 7.17. The van der Waals surface area contributed by atoms with Crippen molar-refractivity contribution in [2.75, 3.05) is 18.5 Å². The zero-order valence-electron chi connectivity index (χ0n) is 19.8. The maximum Gasteiger partial charge on any atom is 0.341 e. The Morgan fingerprint density at radius 2 is 1.86 bits per heavy atom. The number of hydrogen-bond donors (Lipinski definition) is 3. The first-order valence-corrected chi connectivity index (χ1v) is 13.6. The number of carbonyl (C=O) groups is 2. The molecule has 4 heterocycles.